The standard InChI is InChI=1S/C23H27N3O3S2/c1-15-8-11-18(22(27)24-16(2)9-10-17-6-4-3-5-7-17)12-19(15)25-23-26-20-13-31(28,29)14-21(20)30-23/h3-8,11-12,16,20-21H,9-10,13-14H2,1-2H3,(H,24,27)(H,25,26)/t16-,20+,21+/m1/s1. The van der Waals surface area contributed by atoms with Crippen molar-refractivity contribution in [2.75, 3.05) is 16.8 Å². The summed E-state index contributed by atoms with van der Waals surface area (Å²) >= 11 is 1.48. The first-order valence-electron chi connectivity index (χ1n) is 10.5. The topological polar surface area (TPSA) is 87.6 Å². The number of aliphatic imine (C=N–C) groups is 1. The zero-order chi connectivity index (χ0) is 22.0. The summed E-state index contributed by atoms with van der Waals surface area (Å²) in [5, 5.41) is 7.09. The Morgan fingerprint density at radius 3 is 2.71 bits per heavy atom. The molecule has 0 saturated carbocycles. The van der Waals surface area contributed by atoms with Crippen LogP contribution in [0.3, 0.4) is 0 Å². The van der Waals surface area contributed by atoms with Crippen LogP contribution in [-0.2, 0) is 16.3 Å². The van der Waals surface area contributed by atoms with E-state index in [4.69, 9.17) is 0 Å². The number of rotatable bonds is 6. The molecule has 2 aliphatic heterocycles. The number of benzene rings is 2. The average molecular weight is 458 g/mol. The van der Waals surface area contributed by atoms with Crippen molar-refractivity contribution in [2.24, 2.45) is 4.99 Å². The first kappa shape index (κ1) is 21.9. The fourth-order valence-corrected chi connectivity index (χ4v) is 7.50. The van der Waals surface area contributed by atoms with Crippen LogP contribution in [0.25, 0.3) is 0 Å². The summed E-state index contributed by atoms with van der Waals surface area (Å²) in [7, 11) is -2.97. The summed E-state index contributed by atoms with van der Waals surface area (Å²) in [4.78, 5) is 17.3. The van der Waals surface area contributed by atoms with E-state index in [9.17, 15) is 13.2 Å². The zero-order valence-corrected chi connectivity index (χ0v) is 19.3. The molecule has 0 bridgehead atoms. The summed E-state index contributed by atoms with van der Waals surface area (Å²) in [6, 6.07) is 15.7. The Bertz CT molecular complexity index is 1100. The van der Waals surface area contributed by atoms with E-state index in [2.05, 4.69) is 27.8 Å². The Balaban J connectivity index is 1.36. The Morgan fingerprint density at radius 2 is 1.97 bits per heavy atom. The first-order chi connectivity index (χ1) is 14.8. The van der Waals surface area contributed by atoms with Gasteiger partial charge < -0.3 is 10.6 Å². The van der Waals surface area contributed by atoms with E-state index in [1.807, 2.05) is 50.2 Å². The highest BCUT2D eigenvalue weighted by Gasteiger charge is 2.42. The molecule has 164 valence electrons. The van der Waals surface area contributed by atoms with Crippen molar-refractivity contribution in [3.63, 3.8) is 0 Å². The SMILES string of the molecule is Cc1ccc(C(=O)N[C@H](C)CCc2ccccc2)cc1NC1=N[C@H]2CS(=O)(=O)C[C@@H]2S1. The molecule has 0 unspecified atom stereocenters. The molecule has 0 aliphatic carbocycles. The van der Waals surface area contributed by atoms with Crippen molar-refractivity contribution >= 4 is 38.4 Å². The molecule has 3 atom stereocenters. The van der Waals surface area contributed by atoms with Crippen LogP contribution in [0.4, 0.5) is 5.69 Å². The number of sulfone groups is 1. The van der Waals surface area contributed by atoms with Crippen LogP contribution in [0.2, 0.25) is 0 Å². The number of fused-ring (bicyclic) bond motifs is 1. The number of amides is 1. The lowest BCUT2D eigenvalue weighted by atomic mass is 10.1. The fourth-order valence-electron chi connectivity index (χ4n) is 3.84. The van der Waals surface area contributed by atoms with Gasteiger partial charge in [0.1, 0.15) is 0 Å². The highest BCUT2D eigenvalue weighted by Crippen LogP contribution is 2.35. The number of nitrogens with one attached hydrogen (secondary N) is 2. The molecule has 0 aromatic heterocycles. The molecular formula is C23H27N3O3S2. The fraction of sp³-hybridized carbons (Fsp3) is 0.391. The zero-order valence-electron chi connectivity index (χ0n) is 17.7. The van der Waals surface area contributed by atoms with Crippen molar-refractivity contribution in [1.29, 1.82) is 0 Å². The summed E-state index contributed by atoms with van der Waals surface area (Å²) in [6.45, 7) is 3.99. The molecule has 2 N–H and O–H groups in total. The van der Waals surface area contributed by atoms with Gasteiger partial charge in [-0.1, -0.05) is 48.2 Å². The van der Waals surface area contributed by atoms with Gasteiger partial charge in [-0.15, -0.1) is 0 Å². The predicted molar refractivity (Wildman–Crippen MR) is 128 cm³/mol. The molecule has 2 aliphatic rings. The van der Waals surface area contributed by atoms with Crippen LogP contribution in [0.15, 0.2) is 53.5 Å². The average Bonchev–Trinajstić information content (AvgIpc) is 3.21. The lowest BCUT2D eigenvalue weighted by Gasteiger charge is -2.16. The molecule has 1 saturated heterocycles. The van der Waals surface area contributed by atoms with Crippen LogP contribution < -0.4 is 10.6 Å². The highest BCUT2D eigenvalue weighted by molar-refractivity contribution is 8.15. The van der Waals surface area contributed by atoms with E-state index >= 15 is 0 Å². The van der Waals surface area contributed by atoms with Gasteiger partial charge in [-0.05, 0) is 49.9 Å². The Labute approximate surface area is 187 Å². The van der Waals surface area contributed by atoms with E-state index in [-0.39, 0.29) is 34.7 Å². The molecule has 31 heavy (non-hydrogen) atoms. The Kier molecular flexibility index (Phi) is 6.39. The normalized spacial score (nSPS) is 22.5. The van der Waals surface area contributed by atoms with Crippen molar-refractivity contribution in [3.8, 4) is 0 Å². The molecule has 4 rings (SSSR count). The number of anilines is 1. The van der Waals surface area contributed by atoms with Gasteiger partial charge in [-0.25, -0.2) is 8.42 Å². The molecule has 2 aromatic rings. The third kappa shape index (κ3) is 5.49. The summed E-state index contributed by atoms with van der Waals surface area (Å²) < 4.78 is 23.5. The molecular weight excluding hydrogens is 430 g/mol. The number of carbonyl (C=O) groups is 1. The monoisotopic (exact) mass is 457 g/mol. The largest absolute Gasteiger partial charge is 0.350 e. The van der Waals surface area contributed by atoms with Crippen LogP contribution in [-0.4, -0.2) is 48.3 Å². The second-order valence-corrected chi connectivity index (χ2v) is 11.7. The number of carbonyl (C=O) groups excluding carboxylic acids is 1. The lowest BCUT2D eigenvalue weighted by molar-refractivity contribution is 0.0938. The van der Waals surface area contributed by atoms with Gasteiger partial charge in [-0.2, -0.15) is 0 Å². The third-order valence-corrected chi connectivity index (χ3v) is 8.79. The lowest BCUT2D eigenvalue weighted by Crippen LogP contribution is -2.33. The smallest absolute Gasteiger partial charge is 0.251 e. The van der Waals surface area contributed by atoms with E-state index in [0.717, 1.165) is 29.3 Å². The summed E-state index contributed by atoms with van der Waals surface area (Å²) in [5.74, 6) is 0.199. The number of hydrogen-bond acceptors (Lipinski definition) is 6. The van der Waals surface area contributed by atoms with Crippen LogP contribution in [0, 0.1) is 6.92 Å². The van der Waals surface area contributed by atoms with E-state index in [0.29, 0.717) is 5.56 Å². The third-order valence-electron chi connectivity index (χ3n) is 5.65. The molecule has 2 aromatic carbocycles. The molecule has 1 amide bonds. The van der Waals surface area contributed by atoms with E-state index in [1.165, 1.54) is 17.3 Å². The number of hydrogen-bond donors (Lipinski definition) is 2. The summed E-state index contributed by atoms with van der Waals surface area (Å²) in [5.41, 5.74) is 3.67. The van der Waals surface area contributed by atoms with E-state index < -0.39 is 9.84 Å². The van der Waals surface area contributed by atoms with Gasteiger partial charge in [0, 0.05) is 22.5 Å². The maximum Gasteiger partial charge on any atom is 0.251 e. The highest BCUT2D eigenvalue weighted by atomic mass is 32.2. The van der Waals surface area contributed by atoms with Crippen molar-refractivity contribution in [2.45, 2.75) is 44.0 Å². The van der Waals surface area contributed by atoms with Crippen molar-refractivity contribution in [1.82, 2.24) is 5.32 Å². The first-order valence-corrected chi connectivity index (χ1v) is 13.2. The number of aryl methyl sites for hydroxylation is 2. The van der Waals surface area contributed by atoms with Crippen molar-refractivity contribution < 1.29 is 13.2 Å². The maximum absolute atomic E-state index is 12.8. The second kappa shape index (κ2) is 9.04. The Hall–Kier alpha value is -2.32. The minimum Gasteiger partial charge on any atom is -0.350 e. The minimum atomic E-state index is -2.97. The number of thioether (sulfide) groups is 1. The molecule has 8 heteroatoms. The maximum atomic E-state index is 12.8. The number of nitrogens with zero attached hydrogens (tertiary/aromatic N) is 1. The van der Waals surface area contributed by atoms with Gasteiger partial charge in [0.2, 0.25) is 0 Å². The van der Waals surface area contributed by atoms with Gasteiger partial charge in [0.25, 0.3) is 5.91 Å². The summed E-state index contributed by atoms with van der Waals surface area (Å²) in [6.07, 6.45) is 1.78. The molecule has 0 radical (unpaired) electrons. The van der Waals surface area contributed by atoms with Crippen LogP contribution >= 0.6 is 11.8 Å². The molecule has 1 fully saturated rings. The Morgan fingerprint density at radius 1 is 1.19 bits per heavy atom. The van der Waals surface area contributed by atoms with Crippen LogP contribution in [0.5, 0.6) is 0 Å². The molecule has 2 heterocycles. The number of amidine groups is 1. The van der Waals surface area contributed by atoms with Gasteiger partial charge in [0.05, 0.1) is 17.5 Å². The van der Waals surface area contributed by atoms with Gasteiger partial charge >= 0.3 is 0 Å². The van der Waals surface area contributed by atoms with Gasteiger partial charge in [0.15, 0.2) is 15.0 Å². The molecule has 6 nitrogen and oxygen atoms in total. The van der Waals surface area contributed by atoms with Crippen molar-refractivity contribution in [3.05, 3.63) is 65.2 Å². The van der Waals surface area contributed by atoms with E-state index in [1.54, 1.807) is 0 Å². The predicted octanol–water partition coefficient (Wildman–Crippen LogP) is 3.43. The molecule has 0 spiro atoms. The quantitative estimate of drug-likeness (QED) is 0.694. The van der Waals surface area contributed by atoms with Gasteiger partial charge in [-0.3, -0.25) is 9.79 Å². The second-order valence-electron chi connectivity index (χ2n) is 8.29. The van der Waals surface area contributed by atoms with Crippen LogP contribution in [0.1, 0.15) is 34.8 Å². The minimum absolute atomic E-state index is 0.00949.